The predicted octanol–water partition coefficient (Wildman–Crippen LogP) is 1.62. The van der Waals surface area contributed by atoms with Gasteiger partial charge in [-0.05, 0) is 55.1 Å². The fraction of sp³-hybridized carbons (Fsp3) is 0.389. The minimum absolute atomic E-state index is 0.0104. The average molecular weight is 1070 g/mol. The van der Waals surface area contributed by atoms with E-state index in [1.165, 1.54) is 45.4 Å². The van der Waals surface area contributed by atoms with Crippen molar-refractivity contribution in [1.82, 2.24) is 34.1 Å². The molecule has 32 heteroatoms. The molecule has 2 amide bonds. The largest absolute Gasteiger partial charge is 0.778 e. The molecule has 1 aromatic carbocycles. The minimum Gasteiger partial charge on any atom is -0.778 e. The summed E-state index contributed by atoms with van der Waals surface area (Å²) < 4.78 is 115. The number of aliphatic carboxylic acids is 1. The summed E-state index contributed by atoms with van der Waals surface area (Å²) in [7, 11) is -8.66. The minimum atomic E-state index is -4.86. The van der Waals surface area contributed by atoms with Crippen molar-refractivity contribution < 1.29 is 78.1 Å². The van der Waals surface area contributed by atoms with E-state index in [-0.39, 0.29) is 39.7 Å². The van der Waals surface area contributed by atoms with Crippen molar-refractivity contribution in [2.24, 2.45) is 7.05 Å². The van der Waals surface area contributed by atoms with Gasteiger partial charge in [-0.2, -0.15) is 31.6 Å². The average Bonchev–Trinajstić information content (AvgIpc) is 3.21. The van der Waals surface area contributed by atoms with Crippen molar-refractivity contribution in [1.29, 1.82) is 0 Å². The molecule has 0 saturated carbocycles. The van der Waals surface area contributed by atoms with Gasteiger partial charge in [-0.3, -0.25) is 24.8 Å². The van der Waals surface area contributed by atoms with Crippen LogP contribution in [0, 0.1) is 0 Å². The first-order valence-electron chi connectivity index (χ1n) is 18.6. The Hall–Kier alpha value is -5.62. The van der Waals surface area contributed by atoms with E-state index in [0.717, 1.165) is 25.4 Å². The number of carboxylic acids is 1. The van der Waals surface area contributed by atoms with Crippen molar-refractivity contribution in [2.75, 3.05) is 56.9 Å². The lowest BCUT2D eigenvalue weighted by molar-refractivity contribution is -0.193. The van der Waals surface area contributed by atoms with Gasteiger partial charge in [-0.25, -0.2) is 37.1 Å². The molecule has 0 bridgehead atoms. The van der Waals surface area contributed by atoms with Crippen molar-refractivity contribution in [3.63, 3.8) is 0 Å². The van der Waals surface area contributed by atoms with E-state index in [9.17, 15) is 63.4 Å². The highest BCUT2D eigenvalue weighted by Gasteiger charge is 2.35. The Morgan fingerprint density at radius 2 is 1.56 bits per heavy atom. The zero-order chi connectivity index (χ0) is 52.5. The van der Waals surface area contributed by atoms with Crippen molar-refractivity contribution in [3.8, 4) is 17.4 Å². The second-order valence-corrected chi connectivity index (χ2v) is 21.8. The second-order valence-electron chi connectivity index (χ2n) is 13.5. The first kappa shape index (κ1) is 60.4. The maximum Gasteiger partial charge on any atom is 0.431 e. The molecule has 4 aromatic rings. The summed E-state index contributed by atoms with van der Waals surface area (Å²) in [5.41, 5.74) is -4.01. The van der Waals surface area contributed by atoms with Crippen LogP contribution in [-0.2, 0) is 58.1 Å². The third kappa shape index (κ3) is 19.9. The van der Waals surface area contributed by atoms with Gasteiger partial charge in [0, 0.05) is 19.3 Å². The topological polar surface area (TPSA) is 347 Å². The van der Waals surface area contributed by atoms with Crippen LogP contribution in [0.15, 0.2) is 68.2 Å². The van der Waals surface area contributed by atoms with Gasteiger partial charge in [0.25, 0.3) is 15.6 Å². The number of carbonyl (C=O) groups excluding carboxylic acids is 2. The summed E-state index contributed by atoms with van der Waals surface area (Å²) in [5.74, 6) is -2.48. The van der Waals surface area contributed by atoms with E-state index in [1.54, 1.807) is 18.6 Å². The highest BCUT2D eigenvalue weighted by molar-refractivity contribution is 7.94. The van der Waals surface area contributed by atoms with E-state index in [1.807, 2.05) is 5.32 Å². The summed E-state index contributed by atoms with van der Waals surface area (Å²) in [5, 5.41) is 11.3. The Labute approximate surface area is 394 Å². The Morgan fingerprint density at radius 3 is 2.03 bits per heavy atom. The van der Waals surface area contributed by atoms with Gasteiger partial charge < -0.3 is 33.7 Å². The number of sulfone groups is 1. The number of halogens is 4. The Balaban J connectivity index is 0.000000534. The lowest BCUT2D eigenvalue weighted by Gasteiger charge is -2.15. The predicted molar refractivity (Wildman–Crippen MR) is 240 cm³/mol. The number of aromatic nitrogens is 5. The molecule has 3 aromatic heterocycles. The number of pyridine rings is 1. The van der Waals surface area contributed by atoms with Crippen LogP contribution in [0.1, 0.15) is 36.8 Å². The van der Waals surface area contributed by atoms with Gasteiger partial charge in [-0.1, -0.05) is 18.5 Å². The number of methoxy groups -OCH3 is 2. The molecule has 0 aliphatic rings. The van der Waals surface area contributed by atoms with Gasteiger partial charge >= 0.3 is 29.8 Å². The van der Waals surface area contributed by atoms with Gasteiger partial charge in [0.2, 0.25) is 17.7 Å². The number of nitrogens with one attached hydrogen (secondary N) is 3. The number of urea groups is 1. The molecule has 0 fully saturated rings. The molecule has 0 spiro atoms. The van der Waals surface area contributed by atoms with Gasteiger partial charge in [0.15, 0.2) is 14.9 Å². The van der Waals surface area contributed by atoms with Crippen molar-refractivity contribution in [2.45, 2.75) is 43.0 Å². The number of esters is 1. The van der Waals surface area contributed by atoms with Crippen LogP contribution in [0.5, 0.6) is 11.8 Å². The van der Waals surface area contributed by atoms with Crippen LogP contribution in [0.3, 0.4) is 0 Å². The van der Waals surface area contributed by atoms with Crippen LogP contribution < -0.4 is 41.0 Å². The molecular formula is C36H47ClF3N8O16PS3. The second kappa shape index (κ2) is 26.2. The number of sulfonamides is 1. The fourth-order valence-corrected chi connectivity index (χ4v) is 7.60. The number of benzene rings is 1. The van der Waals surface area contributed by atoms with Crippen molar-refractivity contribution >= 4 is 73.9 Å². The normalized spacial score (nSPS) is 12.1. The van der Waals surface area contributed by atoms with E-state index < -0.39 is 97.4 Å². The van der Waals surface area contributed by atoms with Crippen LogP contribution in [0.2, 0.25) is 5.02 Å². The highest BCUT2D eigenvalue weighted by atomic mass is 35.5. The summed E-state index contributed by atoms with van der Waals surface area (Å²) in [6.45, 7) is 4.11. The zero-order valence-electron chi connectivity index (χ0n) is 37.3. The van der Waals surface area contributed by atoms with E-state index >= 15 is 0 Å². The maximum absolute atomic E-state index is 12.9. The van der Waals surface area contributed by atoms with E-state index in [2.05, 4.69) is 39.0 Å². The number of carboxylic acid groups (broad SMARTS) is 1. The standard InChI is InChI=1S/C16H14ClF3N2O4.C14H17N5O7S2.C3H8NO5P.C3H9S/c1-8(2)26-14(24)10-6-9(4-5-11(10)17)22-13(23)7-12(16(18,19)20)21(3)15(22)25;1-4-27(21,22)9-6-5-7-15-12(9)28(23,24)19-14(20)18-13-16-10(25-2)8-11(17-13)26-3;5-3(6)1-4-2-10(7,8)9;1-4(2)3/h4-8H,1-3H3;5-8H,4H2,1-3H3,(H2,16,17,18,19,20);4H,1-2H2,(H,5,6)(H2,7,8,9);1-3H3/q;;;+1/p-1. The molecule has 0 aliphatic heterocycles. The lowest BCUT2D eigenvalue weighted by Crippen LogP contribution is -2.40. The van der Waals surface area contributed by atoms with Gasteiger partial charge in [0.05, 0.1) is 80.0 Å². The number of hydrogen-bond donors (Lipinski definition) is 5. The first-order chi connectivity index (χ1) is 31.2. The number of nitrogens with zero attached hydrogens (tertiary/aromatic N) is 5. The fourth-order valence-electron chi connectivity index (χ4n) is 4.46. The lowest BCUT2D eigenvalue weighted by atomic mass is 10.2. The number of alkyl halides is 3. The molecule has 1 atom stereocenters. The monoisotopic (exact) mass is 1070 g/mol. The number of carbonyl (C=O) groups is 3. The molecule has 0 aliphatic carbocycles. The number of anilines is 1. The molecule has 0 saturated heterocycles. The molecule has 4 rings (SSSR count). The molecule has 24 nitrogen and oxygen atoms in total. The van der Waals surface area contributed by atoms with Gasteiger partial charge in [0.1, 0.15) is 18.2 Å². The molecule has 68 heavy (non-hydrogen) atoms. The number of amides is 2. The summed E-state index contributed by atoms with van der Waals surface area (Å²) in [4.78, 5) is 87.0. The number of ether oxygens (including phenoxy) is 3. The Morgan fingerprint density at radius 1 is 1.00 bits per heavy atom. The Bertz CT molecular complexity index is 2790. The molecule has 5 N–H and O–H groups in total. The smallest absolute Gasteiger partial charge is 0.431 e. The van der Waals surface area contributed by atoms with E-state index in [4.69, 9.17) is 35.8 Å². The molecule has 3 heterocycles. The van der Waals surface area contributed by atoms with Gasteiger partial charge in [-0.15, -0.1) is 0 Å². The van der Waals surface area contributed by atoms with Crippen LogP contribution in [0.4, 0.5) is 23.9 Å². The molecular weight excluding hydrogens is 1020 g/mol. The third-order valence-corrected chi connectivity index (χ3v) is 11.4. The molecule has 0 radical (unpaired) electrons. The maximum atomic E-state index is 12.9. The third-order valence-electron chi connectivity index (χ3n) is 7.22. The van der Waals surface area contributed by atoms with Crippen LogP contribution in [-0.4, -0.2) is 127 Å². The molecule has 1 unspecified atom stereocenters. The summed E-state index contributed by atoms with van der Waals surface area (Å²) >= 11 is 5.94. The van der Waals surface area contributed by atoms with Crippen LogP contribution >= 0.6 is 19.2 Å². The highest BCUT2D eigenvalue weighted by Crippen LogP contribution is 2.28. The quantitative estimate of drug-likeness (QED) is 0.0680. The summed E-state index contributed by atoms with van der Waals surface area (Å²) in [6, 6.07) is 6.38. The number of rotatable bonds is 14. The van der Waals surface area contributed by atoms with Crippen molar-refractivity contribution in [3.05, 3.63) is 85.8 Å². The zero-order valence-corrected chi connectivity index (χ0v) is 41.4. The summed E-state index contributed by atoms with van der Waals surface area (Å²) in [6.07, 6.45) is 1.67. The number of hydrogen-bond acceptors (Lipinski definition) is 18. The van der Waals surface area contributed by atoms with Crippen LogP contribution in [0.25, 0.3) is 5.69 Å². The first-order valence-corrected chi connectivity index (χ1v) is 26.3. The molecule has 378 valence electrons. The SMILES string of the molecule is CC(C)OC(=O)c1cc(-n2c(=O)cc(C(F)(F)F)n(C)c2=O)ccc1Cl.CCS(=O)(=O)c1cccnc1S(=O)(=O)NC(=O)Nc1nc(OC)cc(OC)n1.C[S+](C)C.O=C(O)CNCP(=O)([O-])O. The Kier molecular flexibility index (Phi) is 23.3. The van der Waals surface area contributed by atoms with E-state index in [0.29, 0.717) is 26.1 Å².